The third-order valence-electron chi connectivity index (χ3n) is 3.03. The van der Waals surface area contributed by atoms with Gasteiger partial charge >= 0.3 is 0 Å². The van der Waals surface area contributed by atoms with Crippen molar-refractivity contribution in [3.63, 3.8) is 0 Å². The highest BCUT2D eigenvalue weighted by atomic mass is 19.1. The Morgan fingerprint density at radius 1 is 0.950 bits per heavy atom. The van der Waals surface area contributed by atoms with Gasteiger partial charge in [0.2, 0.25) is 0 Å². The second kappa shape index (κ2) is 6.67. The molecule has 2 aromatic carbocycles. The highest BCUT2D eigenvalue weighted by Gasteiger charge is 2.13. The van der Waals surface area contributed by atoms with Crippen molar-refractivity contribution in [2.24, 2.45) is 0 Å². The summed E-state index contributed by atoms with van der Waals surface area (Å²) in [6.45, 7) is 0.526. The first kappa shape index (κ1) is 14.0. The third kappa shape index (κ3) is 3.33. The van der Waals surface area contributed by atoms with E-state index in [0.717, 1.165) is 5.69 Å². The highest BCUT2D eigenvalue weighted by Crippen LogP contribution is 2.20. The molecule has 0 aliphatic carbocycles. The van der Waals surface area contributed by atoms with E-state index in [1.807, 2.05) is 30.3 Å². The van der Waals surface area contributed by atoms with Gasteiger partial charge in [-0.25, -0.2) is 8.78 Å². The number of nitrogens with zero attached hydrogens (tertiary/aromatic N) is 2. The summed E-state index contributed by atoms with van der Waals surface area (Å²) in [5, 5.41) is 8.71. The molecular formula is C16H14F2N2. The van der Waals surface area contributed by atoms with Crippen LogP contribution in [0.15, 0.2) is 48.5 Å². The number of para-hydroxylation sites is 1. The summed E-state index contributed by atoms with van der Waals surface area (Å²) < 4.78 is 27.4. The van der Waals surface area contributed by atoms with E-state index in [1.165, 1.54) is 18.2 Å². The monoisotopic (exact) mass is 272 g/mol. The topological polar surface area (TPSA) is 27.0 Å². The molecule has 0 aliphatic rings. The molecule has 0 N–H and O–H groups in total. The zero-order valence-electron chi connectivity index (χ0n) is 10.9. The molecule has 0 aliphatic heterocycles. The van der Waals surface area contributed by atoms with Crippen molar-refractivity contribution >= 4 is 5.69 Å². The number of benzene rings is 2. The van der Waals surface area contributed by atoms with Crippen LogP contribution in [0.2, 0.25) is 0 Å². The number of hydrogen-bond donors (Lipinski definition) is 0. The quantitative estimate of drug-likeness (QED) is 0.825. The lowest BCUT2D eigenvalue weighted by Crippen LogP contribution is -2.24. The number of rotatable bonds is 5. The van der Waals surface area contributed by atoms with E-state index in [-0.39, 0.29) is 12.1 Å². The van der Waals surface area contributed by atoms with Crippen molar-refractivity contribution in [2.45, 2.75) is 13.0 Å². The summed E-state index contributed by atoms with van der Waals surface area (Å²) in [7, 11) is 0. The van der Waals surface area contributed by atoms with E-state index in [1.54, 1.807) is 4.90 Å². The largest absolute Gasteiger partial charge is 0.366 e. The maximum atomic E-state index is 13.7. The highest BCUT2D eigenvalue weighted by molar-refractivity contribution is 5.47. The van der Waals surface area contributed by atoms with Crippen LogP contribution in [0.4, 0.5) is 14.5 Å². The van der Waals surface area contributed by atoms with Crippen molar-refractivity contribution in [3.8, 4) is 6.07 Å². The smallest absolute Gasteiger partial charge is 0.131 e. The van der Waals surface area contributed by atoms with Crippen LogP contribution in [0, 0.1) is 23.0 Å². The van der Waals surface area contributed by atoms with Crippen LogP contribution >= 0.6 is 0 Å². The van der Waals surface area contributed by atoms with E-state index >= 15 is 0 Å². The Morgan fingerprint density at radius 3 is 2.20 bits per heavy atom. The minimum atomic E-state index is -0.567. The minimum absolute atomic E-state index is 0.0225. The lowest BCUT2D eigenvalue weighted by atomic mass is 10.1. The molecular weight excluding hydrogens is 258 g/mol. The standard InChI is InChI=1S/C16H14F2N2/c17-15-8-4-9-16(18)14(15)12-20(11-5-10-19)13-6-2-1-3-7-13/h1-4,6-9H,5,11-12H2. The van der Waals surface area contributed by atoms with Gasteiger partial charge in [-0.15, -0.1) is 0 Å². The Kier molecular flexibility index (Phi) is 4.67. The predicted octanol–water partition coefficient (Wildman–Crippen LogP) is 3.89. The van der Waals surface area contributed by atoms with Gasteiger partial charge in [0.25, 0.3) is 0 Å². The van der Waals surface area contributed by atoms with Gasteiger partial charge in [-0.1, -0.05) is 24.3 Å². The molecule has 2 rings (SSSR count). The predicted molar refractivity (Wildman–Crippen MR) is 74.1 cm³/mol. The van der Waals surface area contributed by atoms with E-state index in [2.05, 4.69) is 6.07 Å². The molecule has 0 aromatic heterocycles. The van der Waals surface area contributed by atoms with Crippen molar-refractivity contribution < 1.29 is 8.78 Å². The molecule has 4 heteroatoms. The van der Waals surface area contributed by atoms with Gasteiger partial charge in [0, 0.05) is 24.3 Å². The van der Waals surface area contributed by atoms with Gasteiger partial charge in [0.05, 0.1) is 12.5 Å². The Morgan fingerprint density at radius 2 is 1.60 bits per heavy atom. The Labute approximate surface area is 116 Å². The molecule has 0 saturated heterocycles. The number of halogens is 2. The fourth-order valence-corrected chi connectivity index (χ4v) is 2.00. The Balaban J connectivity index is 2.27. The summed E-state index contributed by atoms with van der Waals surface area (Å²) >= 11 is 0. The fourth-order valence-electron chi connectivity index (χ4n) is 2.00. The maximum absolute atomic E-state index is 13.7. The van der Waals surface area contributed by atoms with Gasteiger partial charge in [0.1, 0.15) is 11.6 Å². The second-order valence-corrected chi connectivity index (χ2v) is 4.37. The zero-order valence-corrected chi connectivity index (χ0v) is 10.9. The first-order valence-corrected chi connectivity index (χ1v) is 6.32. The van der Waals surface area contributed by atoms with Crippen molar-refractivity contribution in [2.75, 3.05) is 11.4 Å². The molecule has 0 amide bonds. The maximum Gasteiger partial charge on any atom is 0.131 e. The molecule has 0 spiro atoms. The number of anilines is 1. The summed E-state index contributed by atoms with van der Waals surface area (Å²) in [4.78, 5) is 1.80. The van der Waals surface area contributed by atoms with Crippen LogP contribution in [-0.4, -0.2) is 6.54 Å². The average molecular weight is 272 g/mol. The van der Waals surface area contributed by atoms with Crippen LogP contribution in [-0.2, 0) is 6.54 Å². The lowest BCUT2D eigenvalue weighted by molar-refractivity contribution is 0.550. The molecule has 0 atom stereocenters. The summed E-state index contributed by atoms with van der Waals surface area (Å²) in [6, 6.07) is 15.2. The molecule has 0 unspecified atom stereocenters. The molecule has 0 heterocycles. The normalized spacial score (nSPS) is 10.1. The second-order valence-electron chi connectivity index (χ2n) is 4.37. The molecule has 0 saturated carbocycles. The van der Waals surface area contributed by atoms with Gasteiger partial charge in [-0.05, 0) is 24.3 Å². The molecule has 0 fully saturated rings. The third-order valence-corrected chi connectivity index (χ3v) is 3.03. The molecule has 0 bridgehead atoms. The molecule has 102 valence electrons. The zero-order chi connectivity index (χ0) is 14.4. The fraction of sp³-hybridized carbons (Fsp3) is 0.188. The SMILES string of the molecule is N#CCCN(Cc1c(F)cccc1F)c1ccccc1. The van der Waals surface area contributed by atoms with Crippen molar-refractivity contribution in [1.29, 1.82) is 5.26 Å². The van der Waals surface area contributed by atoms with Crippen LogP contribution in [0.1, 0.15) is 12.0 Å². The van der Waals surface area contributed by atoms with Crippen LogP contribution in [0.3, 0.4) is 0 Å². The van der Waals surface area contributed by atoms with Crippen molar-refractivity contribution in [1.82, 2.24) is 0 Å². The minimum Gasteiger partial charge on any atom is -0.366 e. The summed E-state index contributed by atoms with van der Waals surface area (Å²) in [5.74, 6) is -1.13. The van der Waals surface area contributed by atoms with Gasteiger partial charge in [0.15, 0.2) is 0 Å². The lowest BCUT2D eigenvalue weighted by Gasteiger charge is -2.24. The summed E-state index contributed by atoms with van der Waals surface area (Å²) in [6.07, 6.45) is 0.297. The number of hydrogen-bond acceptors (Lipinski definition) is 2. The first-order chi connectivity index (χ1) is 9.72. The number of nitriles is 1. The van der Waals surface area contributed by atoms with Crippen LogP contribution in [0.5, 0.6) is 0 Å². The van der Waals surface area contributed by atoms with Crippen molar-refractivity contribution in [3.05, 3.63) is 65.7 Å². The van der Waals surface area contributed by atoms with E-state index in [4.69, 9.17) is 5.26 Å². The summed E-state index contributed by atoms with van der Waals surface area (Å²) in [5.41, 5.74) is 0.861. The van der Waals surface area contributed by atoms with Crippen LogP contribution < -0.4 is 4.90 Å². The average Bonchev–Trinajstić information content (AvgIpc) is 2.47. The molecule has 0 radical (unpaired) electrons. The van der Waals surface area contributed by atoms with Gasteiger partial charge in [-0.3, -0.25) is 0 Å². The molecule has 2 aromatic rings. The van der Waals surface area contributed by atoms with E-state index in [0.29, 0.717) is 13.0 Å². The van der Waals surface area contributed by atoms with E-state index < -0.39 is 11.6 Å². The Hall–Kier alpha value is -2.41. The van der Waals surface area contributed by atoms with E-state index in [9.17, 15) is 8.78 Å². The van der Waals surface area contributed by atoms with Crippen LogP contribution in [0.25, 0.3) is 0 Å². The van der Waals surface area contributed by atoms with Gasteiger partial charge < -0.3 is 4.90 Å². The first-order valence-electron chi connectivity index (χ1n) is 6.32. The van der Waals surface area contributed by atoms with Gasteiger partial charge in [-0.2, -0.15) is 5.26 Å². The molecule has 20 heavy (non-hydrogen) atoms. The Bertz CT molecular complexity index is 585. The molecule has 2 nitrogen and oxygen atoms in total.